The number of allylic oxidation sites excluding steroid dienone is 1. The third-order valence-electron chi connectivity index (χ3n) is 4.32. The van der Waals surface area contributed by atoms with Crippen LogP contribution in [0, 0.1) is 25.2 Å². The number of fused-ring (bicyclic) bond motifs is 1. The summed E-state index contributed by atoms with van der Waals surface area (Å²) in [6.45, 7) is 4.06. The first kappa shape index (κ1) is 17.3. The van der Waals surface area contributed by atoms with Crippen LogP contribution in [0.2, 0.25) is 0 Å². The van der Waals surface area contributed by atoms with Gasteiger partial charge >= 0.3 is 0 Å². The van der Waals surface area contributed by atoms with Crippen molar-refractivity contribution < 1.29 is 4.42 Å². The second-order valence-electron chi connectivity index (χ2n) is 6.46. The molecule has 0 aliphatic heterocycles. The van der Waals surface area contributed by atoms with E-state index in [1.54, 1.807) is 6.08 Å². The van der Waals surface area contributed by atoms with Crippen LogP contribution in [0.25, 0.3) is 34.0 Å². The molecule has 0 bridgehead atoms. The molecule has 0 aliphatic rings. The summed E-state index contributed by atoms with van der Waals surface area (Å²) in [6.07, 6.45) is 1.70. The third-order valence-corrected chi connectivity index (χ3v) is 4.97. The van der Waals surface area contributed by atoms with Gasteiger partial charge in [-0.25, -0.2) is 4.98 Å². The third kappa shape index (κ3) is 3.44. The molecule has 4 rings (SSSR count). The summed E-state index contributed by atoms with van der Waals surface area (Å²) >= 11 is 3.58. The number of aromatic amines is 1. The Labute approximate surface area is 165 Å². The van der Waals surface area contributed by atoms with E-state index < -0.39 is 0 Å². The van der Waals surface area contributed by atoms with Crippen molar-refractivity contribution in [2.24, 2.45) is 0 Å². The molecule has 0 amide bonds. The second-order valence-corrected chi connectivity index (χ2v) is 7.32. The van der Waals surface area contributed by atoms with Gasteiger partial charge in [-0.05, 0) is 61.4 Å². The average Bonchev–Trinajstić information content (AvgIpc) is 3.26. The Kier molecular flexibility index (Phi) is 4.43. The Morgan fingerprint density at radius 3 is 2.67 bits per heavy atom. The number of benzene rings is 2. The molecular formula is C22H16BrN3O. The van der Waals surface area contributed by atoms with Gasteiger partial charge in [-0.2, -0.15) is 5.26 Å². The molecule has 0 saturated carbocycles. The molecule has 0 fully saturated rings. The highest BCUT2D eigenvalue weighted by Gasteiger charge is 2.11. The number of aromatic nitrogens is 2. The van der Waals surface area contributed by atoms with Crippen molar-refractivity contribution in [3.05, 3.63) is 75.7 Å². The van der Waals surface area contributed by atoms with Crippen molar-refractivity contribution in [2.75, 3.05) is 0 Å². The van der Waals surface area contributed by atoms with E-state index in [1.807, 2.05) is 62.4 Å². The van der Waals surface area contributed by atoms with Crippen LogP contribution in [-0.2, 0) is 0 Å². The fraction of sp³-hybridized carbons (Fsp3) is 0.0909. The largest absolute Gasteiger partial charge is 0.457 e. The van der Waals surface area contributed by atoms with Crippen molar-refractivity contribution in [3.63, 3.8) is 0 Å². The van der Waals surface area contributed by atoms with Crippen molar-refractivity contribution in [1.29, 1.82) is 5.26 Å². The van der Waals surface area contributed by atoms with Crippen molar-refractivity contribution in [1.82, 2.24) is 9.97 Å². The number of rotatable bonds is 3. The molecule has 2 heterocycles. The van der Waals surface area contributed by atoms with Crippen LogP contribution in [0.4, 0.5) is 0 Å². The minimum Gasteiger partial charge on any atom is -0.457 e. The Morgan fingerprint density at radius 2 is 1.89 bits per heavy atom. The maximum absolute atomic E-state index is 9.59. The monoisotopic (exact) mass is 417 g/mol. The number of H-pyrrole nitrogens is 1. The van der Waals surface area contributed by atoms with E-state index in [9.17, 15) is 5.26 Å². The van der Waals surface area contributed by atoms with Crippen LogP contribution in [-0.4, -0.2) is 9.97 Å². The zero-order valence-corrected chi connectivity index (χ0v) is 16.5. The fourth-order valence-corrected chi connectivity index (χ4v) is 3.63. The van der Waals surface area contributed by atoms with Crippen LogP contribution < -0.4 is 0 Å². The molecule has 4 aromatic rings. The van der Waals surface area contributed by atoms with E-state index in [1.165, 1.54) is 5.56 Å². The molecule has 4 nitrogen and oxygen atoms in total. The summed E-state index contributed by atoms with van der Waals surface area (Å²) in [7, 11) is 0. The molecule has 0 aliphatic carbocycles. The summed E-state index contributed by atoms with van der Waals surface area (Å²) in [4.78, 5) is 7.72. The number of nitriles is 1. The Morgan fingerprint density at radius 1 is 1.11 bits per heavy atom. The fourth-order valence-electron chi connectivity index (χ4n) is 2.94. The van der Waals surface area contributed by atoms with Crippen molar-refractivity contribution in [2.45, 2.75) is 13.8 Å². The maximum atomic E-state index is 9.59. The summed E-state index contributed by atoms with van der Waals surface area (Å²) < 4.78 is 6.91. The van der Waals surface area contributed by atoms with Gasteiger partial charge in [0.1, 0.15) is 23.4 Å². The van der Waals surface area contributed by atoms with Gasteiger partial charge in [-0.3, -0.25) is 0 Å². The minimum atomic E-state index is 0.424. The van der Waals surface area contributed by atoms with Crippen LogP contribution >= 0.6 is 15.9 Å². The van der Waals surface area contributed by atoms with E-state index >= 15 is 0 Å². The number of nitrogens with one attached hydrogen (secondary N) is 1. The van der Waals surface area contributed by atoms with E-state index in [0.717, 1.165) is 32.4 Å². The second kappa shape index (κ2) is 6.90. The molecule has 132 valence electrons. The molecule has 2 aromatic carbocycles. The molecule has 1 N–H and O–H groups in total. The molecule has 27 heavy (non-hydrogen) atoms. The lowest BCUT2D eigenvalue weighted by Crippen LogP contribution is -1.84. The highest BCUT2D eigenvalue weighted by atomic mass is 79.9. The van der Waals surface area contributed by atoms with E-state index in [2.05, 4.69) is 32.0 Å². The van der Waals surface area contributed by atoms with Gasteiger partial charge in [-0.1, -0.05) is 28.1 Å². The maximum Gasteiger partial charge on any atom is 0.149 e. The number of imidazole rings is 1. The van der Waals surface area contributed by atoms with Crippen LogP contribution in [0.3, 0.4) is 0 Å². The number of furan rings is 1. The zero-order valence-electron chi connectivity index (χ0n) is 14.9. The number of hydrogen-bond acceptors (Lipinski definition) is 3. The lowest BCUT2D eigenvalue weighted by Gasteiger charge is -2.02. The highest BCUT2D eigenvalue weighted by Crippen LogP contribution is 2.31. The van der Waals surface area contributed by atoms with Gasteiger partial charge in [0.15, 0.2) is 0 Å². The van der Waals surface area contributed by atoms with Gasteiger partial charge in [-0.15, -0.1) is 0 Å². The summed E-state index contributed by atoms with van der Waals surface area (Å²) in [5, 5.41) is 9.59. The minimum absolute atomic E-state index is 0.424. The van der Waals surface area contributed by atoms with Crippen LogP contribution in [0.1, 0.15) is 22.7 Å². The van der Waals surface area contributed by atoms with Crippen LogP contribution in [0.15, 0.2) is 57.4 Å². The van der Waals surface area contributed by atoms with E-state index in [-0.39, 0.29) is 0 Å². The van der Waals surface area contributed by atoms with Gasteiger partial charge in [0.25, 0.3) is 0 Å². The molecular weight excluding hydrogens is 402 g/mol. The van der Waals surface area contributed by atoms with E-state index in [0.29, 0.717) is 17.2 Å². The summed E-state index contributed by atoms with van der Waals surface area (Å²) in [5.74, 6) is 1.88. The molecule has 0 radical (unpaired) electrons. The molecule has 2 aromatic heterocycles. The van der Waals surface area contributed by atoms with Gasteiger partial charge in [0.05, 0.1) is 16.6 Å². The lowest BCUT2D eigenvalue weighted by molar-refractivity contribution is 0.571. The normalized spacial score (nSPS) is 11.7. The first-order chi connectivity index (χ1) is 13.0. The smallest absolute Gasteiger partial charge is 0.149 e. The number of halogens is 1. The Hall–Kier alpha value is -3.10. The Balaban J connectivity index is 1.71. The topological polar surface area (TPSA) is 65.6 Å². The zero-order chi connectivity index (χ0) is 19.0. The number of nitrogens with zero attached hydrogens (tertiary/aromatic N) is 2. The van der Waals surface area contributed by atoms with Gasteiger partial charge < -0.3 is 9.40 Å². The van der Waals surface area contributed by atoms with E-state index in [4.69, 9.17) is 4.42 Å². The van der Waals surface area contributed by atoms with Gasteiger partial charge in [0.2, 0.25) is 0 Å². The summed E-state index contributed by atoms with van der Waals surface area (Å²) in [6, 6.07) is 18.0. The standard InChI is InChI=1S/C22H16BrN3O/c1-13-3-6-17(18(23)9-13)21-8-5-16(27-21)11-15(12-24)22-25-19-7-4-14(2)10-20(19)26-22/h3-11H,1-2H3,(H,25,26)/b15-11+. The van der Waals surface area contributed by atoms with Crippen LogP contribution in [0.5, 0.6) is 0 Å². The first-order valence-corrected chi connectivity index (χ1v) is 9.28. The SMILES string of the molecule is Cc1ccc(-c2ccc(/C=C(\C#N)c3nc4ccc(C)cc4[nH]3)o2)c(Br)c1. The number of hydrogen-bond donors (Lipinski definition) is 1. The predicted molar refractivity (Wildman–Crippen MR) is 111 cm³/mol. The van der Waals surface area contributed by atoms with Crippen molar-refractivity contribution in [3.8, 4) is 17.4 Å². The molecule has 5 heteroatoms. The Bertz CT molecular complexity index is 1220. The number of aryl methyl sites for hydroxylation is 2. The molecule has 0 spiro atoms. The molecule has 0 unspecified atom stereocenters. The highest BCUT2D eigenvalue weighted by molar-refractivity contribution is 9.10. The quantitative estimate of drug-likeness (QED) is 0.399. The first-order valence-electron chi connectivity index (χ1n) is 8.48. The summed E-state index contributed by atoms with van der Waals surface area (Å²) in [5.41, 5.74) is 5.45. The van der Waals surface area contributed by atoms with Crippen molar-refractivity contribution >= 4 is 38.6 Å². The predicted octanol–water partition coefficient (Wildman–Crippen LogP) is 6.27. The lowest BCUT2D eigenvalue weighted by atomic mass is 10.1. The molecule has 0 saturated heterocycles. The van der Waals surface area contributed by atoms with Gasteiger partial charge in [0, 0.05) is 16.1 Å². The molecule has 0 atom stereocenters. The average molecular weight is 418 g/mol.